The summed E-state index contributed by atoms with van der Waals surface area (Å²) in [5.74, 6) is -1.74. The van der Waals surface area contributed by atoms with Gasteiger partial charge in [-0.25, -0.2) is 0 Å². The smallest absolute Gasteiger partial charge is 0.209 e. The number of nitriles is 1. The van der Waals surface area contributed by atoms with E-state index in [4.69, 9.17) is 10.4 Å². The van der Waals surface area contributed by atoms with Crippen LogP contribution < -0.4 is 4.74 Å². The Hall–Kier alpha value is -1.28. The third-order valence-electron chi connectivity index (χ3n) is 1.47. The molecule has 0 fully saturated rings. The maximum Gasteiger partial charge on any atom is 0.209 e. The van der Waals surface area contributed by atoms with Crippen molar-refractivity contribution in [1.82, 2.24) is 0 Å². The van der Waals surface area contributed by atoms with Gasteiger partial charge in [-0.2, -0.15) is 9.65 Å². The average molecular weight is 246 g/mol. The lowest BCUT2D eigenvalue weighted by atomic mass is 10.2. The van der Waals surface area contributed by atoms with Gasteiger partial charge in [-0.3, -0.25) is 0 Å². The van der Waals surface area contributed by atoms with Crippen LogP contribution in [0.2, 0.25) is 0 Å². The summed E-state index contributed by atoms with van der Waals surface area (Å²) in [6, 6.07) is 2.94. The number of phenolic OH excluding ortho intramolecular Hbond substituents is 1. The Bertz CT molecular complexity index is 383. The Morgan fingerprint density at radius 2 is 2.31 bits per heavy atom. The van der Waals surface area contributed by atoms with Crippen LogP contribution in [0.4, 0.5) is 4.39 Å². The molecule has 0 aliphatic carbocycles. The van der Waals surface area contributed by atoms with Gasteiger partial charge in [0.1, 0.15) is 6.07 Å². The minimum atomic E-state index is -0.937. The van der Waals surface area contributed by atoms with Gasteiger partial charge in [0.05, 0.1) is 17.1 Å². The van der Waals surface area contributed by atoms with E-state index >= 15 is 0 Å². The fourth-order valence-electron chi connectivity index (χ4n) is 0.864. The highest BCUT2D eigenvalue weighted by atomic mass is 79.9. The number of methoxy groups -OCH3 is 1. The molecule has 0 saturated heterocycles. The molecule has 0 amide bonds. The molecule has 1 rings (SSSR count). The van der Waals surface area contributed by atoms with Crippen LogP contribution in [0.3, 0.4) is 0 Å². The van der Waals surface area contributed by atoms with Gasteiger partial charge in [-0.1, -0.05) is 0 Å². The molecule has 0 aliphatic heterocycles. The topological polar surface area (TPSA) is 53.2 Å². The van der Waals surface area contributed by atoms with Crippen LogP contribution in [-0.2, 0) is 0 Å². The zero-order valence-corrected chi connectivity index (χ0v) is 8.22. The van der Waals surface area contributed by atoms with Crippen molar-refractivity contribution in [2.24, 2.45) is 0 Å². The van der Waals surface area contributed by atoms with E-state index in [2.05, 4.69) is 20.7 Å². The van der Waals surface area contributed by atoms with E-state index in [-0.39, 0.29) is 11.3 Å². The van der Waals surface area contributed by atoms with Crippen molar-refractivity contribution in [2.45, 2.75) is 0 Å². The van der Waals surface area contributed by atoms with E-state index in [0.717, 1.165) is 0 Å². The molecule has 1 N–H and O–H groups in total. The molecule has 3 nitrogen and oxygen atoms in total. The van der Waals surface area contributed by atoms with Crippen LogP contribution in [0.25, 0.3) is 0 Å². The van der Waals surface area contributed by atoms with Gasteiger partial charge in [0.25, 0.3) is 0 Å². The first-order chi connectivity index (χ1) is 6.11. The number of hydrogen-bond acceptors (Lipinski definition) is 3. The van der Waals surface area contributed by atoms with E-state index in [9.17, 15) is 4.39 Å². The Balaban J connectivity index is 3.48. The Labute approximate surface area is 82.5 Å². The molecule has 0 heterocycles. The molecule has 1 aromatic rings. The summed E-state index contributed by atoms with van der Waals surface area (Å²) >= 11 is 3.01. The van der Waals surface area contributed by atoms with Crippen molar-refractivity contribution in [3.63, 3.8) is 0 Å². The van der Waals surface area contributed by atoms with E-state index in [1.807, 2.05) is 0 Å². The zero-order valence-electron chi connectivity index (χ0n) is 6.64. The van der Waals surface area contributed by atoms with Crippen molar-refractivity contribution < 1.29 is 14.2 Å². The number of nitrogens with zero attached hydrogens (tertiary/aromatic N) is 1. The molecule has 5 heteroatoms. The van der Waals surface area contributed by atoms with E-state index in [1.54, 1.807) is 6.07 Å². The standard InChI is InChI=1S/C8H5BrFNO2/c1-13-8-5(9)2-4(3-11)7(12)6(8)10/h2,12H,1H3. The van der Waals surface area contributed by atoms with Crippen LogP contribution in [0, 0.1) is 17.1 Å². The predicted octanol–water partition coefficient (Wildman–Crippen LogP) is 2.17. The molecule has 0 saturated carbocycles. The number of aromatic hydroxyl groups is 1. The molecule has 68 valence electrons. The van der Waals surface area contributed by atoms with E-state index < -0.39 is 11.6 Å². The molecular formula is C8H5BrFNO2. The summed E-state index contributed by atoms with van der Waals surface area (Å²) in [6.45, 7) is 0. The van der Waals surface area contributed by atoms with Gasteiger partial charge in [-0.05, 0) is 22.0 Å². The minimum Gasteiger partial charge on any atom is -0.504 e. The third kappa shape index (κ3) is 1.58. The second-order valence-electron chi connectivity index (χ2n) is 2.21. The molecule has 0 bridgehead atoms. The van der Waals surface area contributed by atoms with E-state index in [1.165, 1.54) is 13.2 Å². The molecule has 0 unspecified atom stereocenters. The first-order valence-corrected chi connectivity index (χ1v) is 4.06. The molecule has 0 spiro atoms. The molecule has 0 radical (unpaired) electrons. The Morgan fingerprint density at radius 1 is 1.69 bits per heavy atom. The number of rotatable bonds is 1. The van der Waals surface area contributed by atoms with Crippen molar-refractivity contribution in [3.05, 3.63) is 21.9 Å². The van der Waals surface area contributed by atoms with Crippen LogP contribution in [-0.4, -0.2) is 12.2 Å². The average Bonchev–Trinajstić information content (AvgIpc) is 2.12. The fourth-order valence-corrected chi connectivity index (χ4v) is 1.43. The second-order valence-corrected chi connectivity index (χ2v) is 3.07. The highest BCUT2D eigenvalue weighted by molar-refractivity contribution is 9.10. The SMILES string of the molecule is COc1c(Br)cc(C#N)c(O)c1F. The quantitative estimate of drug-likeness (QED) is 0.826. The summed E-state index contributed by atoms with van der Waals surface area (Å²) in [4.78, 5) is 0. The highest BCUT2D eigenvalue weighted by Crippen LogP contribution is 2.35. The van der Waals surface area contributed by atoms with Gasteiger partial charge in [0.2, 0.25) is 5.82 Å². The summed E-state index contributed by atoms with van der Waals surface area (Å²) in [7, 11) is 1.27. The molecule has 0 aliphatic rings. The third-order valence-corrected chi connectivity index (χ3v) is 2.06. The van der Waals surface area contributed by atoms with Crippen molar-refractivity contribution in [1.29, 1.82) is 5.26 Å². The lowest BCUT2D eigenvalue weighted by Gasteiger charge is -2.06. The minimum absolute atomic E-state index is 0.114. The maximum atomic E-state index is 13.2. The number of halogens is 2. The van der Waals surface area contributed by atoms with Crippen LogP contribution in [0.15, 0.2) is 10.5 Å². The summed E-state index contributed by atoms with van der Waals surface area (Å²) in [5, 5.41) is 17.6. The number of ether oxygens (including phenoxy) is 1. The summed E-state index contributed by atoms with van der Waals surface area (Å²) in [5.41, 5.74) is -0.134. The van der Waals surface area contributed by atoms with Crippen LogP contribution >= 0.6 is 15.9 Å². The molecular weight excluding hydrogens is 241 g/mol. The number of benzene rings is 1. The number of hydrogen-bond donors (Lipinski definition) is 1. The fraction of sp³-hybridized carbons (Fsp3) is 0.125. The zero-order chi connectivity index (χ0) is 10.0. The van der Waals surface area contributed by atoms with Crippen molar-refractivity contribution in [2.75, 3.05) is 7.11 Å². The van der Waals surface area contributed by atoms with Gasteiger partial charge in [0, 0.05) is 0 Å². The van der Waals surface area contributed by atoms with Crippen molar-refractivity contribution >= 4 is 15.9 Å². The van der Waals surface area contributed by atoms with Gasteiger partial charge >= 0.3 is 0 Å². The Morgan fingerprint density at radius 3 is 2.77 bits per heavy atom. The first kappa shape index (κ1) is 9.81. The van der Waals surface area contributed by atoms with Crippen LogP contribution in [0.1, 0.15) is 5.56 Å². The predicted molar refractivity (Wildman–Crippen MR) is 47.0 cm³/mol. The second kappa shape index (κ2) is 3.62. The lowest BCUT2D eigenvalue weighted by Crippen LogP contribution is -1.92. The molecule has 1 aromatic carbocycles. The maximum absolute atomic E-state index is 13.2. The summed E-state index contributed by atoms with van der Waals surface area (Å²) < 4.78 is 18.1. The largest absolute Gasteiger partial charge is 0.504 e. The monoisotopic (exact) mass is 245 g/mol. The normalized spacial score (nSPS) is 9.38. The van der Waals surface area contributed by atoms with Crippen LogP contribution in [0.5, 0.6) is 11.5 Å². The Kier molecular flexibility index (Phi) is 2.73. The number of phenols is 1. The van der Waals surface area contributed by atoms with Gasteiger partial charge in [0.15, 0.2) is 11.5 Å². The van der Waals surface area contributed by atoms with Crippen molar-refractivity contribution in [3.8, 4) is 17.6 Å². The molecule has 0 aromatic heterocycles. The molecule has 0 atom stereocenters. The first-order valence-electron chi connectivity index (χ1n) is 3.26. The highest BCUT2D eigenvalue weighted by Gasteiger charge is 2.16. The van der Waals surface area contributed by atoms with Gasteiger partial charge in [-0.15, -0.1) is 0 Å². The molecule has 13 heavy (non-hydrogen) atoms. The lowest BCUT2D eigenvalue weighted by molar-refractivity contribution is 0.361. The summed E-state index contributed by atoms with van der Waals surface area (Å²) in [6.07, 6.45) is 0. The van der Waals surface area contributed by atoms with Gasteiger partial charge < -0.3 is 9.84 Å². The van der Waals surface area contributed by atoms with E-state index in [0.29, 0.717) is 4.47 Å².